The van der Waals surface area contributed by atoms with Gasteiger partial charge in [0.15, 0.2) is 0 Å². The summed E-state index contributed by atoms with van der Waals surface area (Å²) in [4.78, 5) is 4.07. The van der Waals surface area contributed by atoms with Crippen LogP contribution in [0.15, 0.2) is 28.9 Å². The Hall–Kier alpha value is -0.850. The third-order valence-corrected chi connectivity index (χ3v) is 1.26. The quantitative estimate of drug-likeness (QED) is 0.485. The highest BCUT2D eigenvalue weighted by molar-refractivity contribution is 5.68. The van der Waals surface area contributed by atoms with Gasteiger partial charge in [-0.25, -0.2) is 0 Å². The molecule has 0 aromatic carbocycles. The summed E-state index contributed by atoms with van der Waals surface area (Å²) >= 11 is 0. The lowest BCUT2D eigenvalue weighted by Gasteiger charge is -1.87. The van der Waals surface area contributed by atoms with Crippen LogP contribution in [0.5, 0.6) is 0 Å². The molecule has 0 saturated heterocycles. The molecule has 8 heavy (non-hydrogen) atoms. The molecule has 1 aliphatic rings. The van der Waals surface area contributed by atoms with Gasteiger partial charge in [0.25, 0.3) is 0 Å². The Labute approximate surface area is 49.4 Å². The van der Waals surface area contributed by atoms with E-state index in [1.165, 1.54) is 5.57 Å². The summed E-state index contributed by atoms with van der Waals surface area (Å²) in [7, 11) is 0. The van der Waals surface area contributed by atoms with Gasteiger partial charge < -0.3 is 0 Å². The molecule has 1 rings (SSSR count). The average Bonchev–Trinajstić information content (AvgIpc) is 2.14. The molecule has 1 nitrogen and oxygen atoms in total. The molecule has 1 heterocycles. The van der Waals surface area contributed by atoms with Gasteiger partial charge in [-0.1, -0.05) is 6.58 Å². The van der Waals surface area contributed by atoms with Gasteiger partial charge in [0.05, 0.1) is 5.70 Å². The largest absolute Gasteiger partial charge is 0.261 e. The van der Waals surface area contributed by atoms with Gasteiger partial charge in [-0.3, -0.25) is 4.99 Å². The van der Waals surface area contributed by atoms with Gasteiger partial charge in [0.1, 0.15) is 0 Å². The van der Waals surface area contributed by atoms with Crippen molar-refractivity contribution in [3.63, 3.8) is 0 Å². The summed E-state index contributed by atoms with van der Waals surface area (Å²) < 4.78 is 0. The number of nitrogens with zero attached hydrogens (tertiary/aromatic N) is 1. The zero-order valence-corrected chi connectivity index (χ0v) is 5.02. The minimum absolute atomic E-state index is 1.00. The SMILES string of the molecule is C=CC1=C(C)CC=N1. The average molecular weight is 107 g/mol. The van der Waals surface area contributed by atoms with Crippen molar-refractivity contribution in [3.05, 3.63) is 23.9 Å². The van der Waals surface area contributed by atoms with Crippen molar-refractivity contribution >= 4 is 6.21 Å². The van der Waals surface area contributed by atoms with Crippen LogP contribution in [-0.4, -0.2) is 6.21 Å². The molecule has 0 atom stereocenters. The molecule has 0 aromatic heterocycles. The zero-order chi connectivity index (χ0) is 5.98. The number of rotatable bonds is 1. The number of hydrogen-bond acceptors (Lipinski definition) is 1. The van der Waals surface area contributed by atoms with E-state index < -0.39 is 0 Å². The van der Waals surface area contributed by atoms with Crippen molar-refractivity contribution in [1.82, 2.24) is 0 Å². The molecular weight excluding hydrogens is 98.1 g/mol. The summed E-state index contributed by atoms with van der Waals surface area (Å²) in [5.41, 5.74) is 2.37. The maximum atomic E-state index is 4.07. The molecule has 0 aromatic rings. The van der Waals surface area contributed by atoms with E-state index >= 15 is 0 Å². The molecule has 1 heteroatoms. The van der Waals surface area contributed by atoms with Crippen LogP contribution in [0.1, 0.15) is 13.3 Å². The molecule has 1 aliphatic heterocycles. The van der Waals surface area contributed by atoms with Crippen molar-refractivity contribution in [2.75, 3.05) is 0 Å². The van der Waals surface area contributed by atoms with E-state index in [1.807, 2.05) is 6.21 Å². The summed E-state index contributed by atoms with van der Waals surface area (Å²) in [5.74, 6) is 0. The summed E-state index contributed by atoms with van der Waals surface area (Å²) in [5, 5.41) is 0. The predicted octanol–water partition coefficient (Wildman–Crippen LogP) is 1.92. The van der Waals surface area contributed by atoms with Gasteiger partial charge in [0.2, 0.25) is 0 Å². The van der Waals surface area contributed by atoms with E-state index in [0.29, 0.717) is 0 Å². The van der Waals surface area contributed by atoms with Crippen molar-refractivity contribution in [2.24, 2.45) is 4.99 Å². The number of aliphatic imine (C=N–C) groups is 1. The highest BCUT2D eigenvalue weighted by Gasteiger charge is 1.99. The van der Waals surface area contributed by atoms with Crippen LogP contribution in [0.4, 0.5) is 0 Å². The molecule has 0 spiro atoms. The molecule has 42 valence electrons. The maximum Gasteiger partial charge on any atom is 0.0612 e. The topological polar surface area (TPSA) is 12.4 Å². The first-order valence-electron chi connectivity index (χ1n) is 2.69. The van der Waals surface area contributed by atoms with Crippen LogP contribution >= 0.6 is 0 Å². The smallest absolute Gasteiger partial charge is 0.0612 e. The molecule has 0 bridgehead atoms. The van der Waals surface area contributed by atoms with Crippen LogP contribution in [0, 0.1) is 0 Å². The monoisotopic (exact) mass is 107 g/mol. The van der Waals surface area contributed by atoms with Crippen LogP contribution in [0.25, 0.3) is 0 Å². The summed E-state index contributed by atoms with van der Waals surface area (Å²) in [6.07, 6.45) is 4.70. The molecule has 0 amide bonds. The first kappa shape index (κ1) is 5.29. The second-order valence-electron chi connectivity index (χ2n) is 1.89. The first-order valence-corrected chi connectivity index (χ1v) is 2.69. The predicted molar refractivity (Wildman–Crippen MR) is 36.0 cm³/mol. The van der Waals surface area contributed by atoms with E-state index in [9.17, 15) is 0 Å². The summed E-state index contributed by atoms with van der Waals surface area (Å²) in [6.45, 7) is 5.69. The third-order valence-electron chi connectivity index (χ3n) is 1.26. The molecule has 0 radical (unpaired) electrons. The molecule has 0 unspecified atom stereocenters. The molecule has 0 N–H and O–H groups in total. The third kappa shape index (κ3) is 0.713. The van der Waals surface area contributed by atoms with E-state index in [-0.39, 0.29) is 0 Å². The number of allylic oxidation sites excluding steroid dienone is 2. The highest BCUT2D eigenvalue weighted by Crippen LogP contribution is 2.14. The fourth-order valence-electron chi connectivity index (χ4n) is 0.723. The lowest BCUT2D eigenvalue weighted by Crippen LogP contribution is -1.70. The zero-order valence-electron chi connectivity index (χ0n) is 5.02. The second kappa shape index (κ2) is 1.95. The Balaban J connectivity index is 2.85. The van der Waals surface area contributed by atoms with Gasteiger partial charge in [-0.2, -0.15) is 0 Å². The van der Waals surface area contributed by atoms with Crippen LogP contribution in [-0.2, 0) is 0 Å². The molecule has 0 saturated carbocycles. The van der Waals surface area contributed by atoms with Crippen molar-refractivity contribution in [2.45, 2.75) is 13.3 Å². The first-order chi connectivity index (χ1) is 3.84. The maximum absolute atomic E-state index is 4.07. The van der Waals surface area contributed by atoms with E-state index in [1.54, 1.807) is 6.08 Å². The van der Waals surface area contributed by atoms with Gasteiger partial charge >= 0.3 is 0 Å². The standard InChI is InChI=1S/C7H9N/c1-3-7-6(2)4-5-8-7/h3,5H,1,4H2,2H3. The van der Waals surface area contributed by atoms with Gasteiger partial charge in [-0.05, 0) is 18.6 Å². The van der Waals surface area contributed by atoms with E-state index in [0.717, 1.165) is 12.1 Å². The summed E-state index contributed by atoms with van der Waals surface area (Å²) in [6, 6.07) is 0. The van der Waals surface area contributed by atoms with Crippen molar-refractivity contribution < 1.29 is 0 Å². The normalized spacial score (nSPS) is 17.6. The minimum atomic E-state index is 1.00. The lowest BCUT2D eigenvalue weighted by atomic mass is 10.2. The van der Waals surface area contributed by atoms with E-state index in [2.05, 4.69) is 18.5 Å². The van der Waals surface area contributed by atoms with Crippen molar-refractivity contribution in [3.8, 4) is 0 Å². The minimum Gasteiger partial charge on any atom is -0.261 e. The van der Waals surface area contributed by atoms with Crippen molar-refractivity contribution in [1.29, 1.82) is 0 Å². The lowest BCUT2D eigenvalue weighted by molar-refractivity contribution is 1.27. The Bertz CT molecular complexity index is 163. The van der Waals surface area contributed by atoms with Crippen LogP contribution < -0.4 is 0 Å². The fraction of sp³-hybridized carbons (Fsp3) is 0.286. The van der Waals surface area contributed by atoms with E-state index in [4.69, 9.17) is 0 Å². The Morgan fingerprint density at radius 1 is 1.88 bits per heavy atom. The fourth-order valence-corrected chi connectivity index (χ4v) is 0.723. The molecule has 0 aliphatic carbocycles. The molecular formula is C7H9N. The van der Waals surface area contributed by atoms with Gasteiger partial charge in [-0.15, -0.1) is 0 Å². The number of hydrogen-bond donors (Lipinski definition) is 0. The second-order valence-corrected chi connectivity index (χ2v) is 1.89. The molecule has 0 fully saturated rings. The van der Waals surface area contributed by atoms with Gasteiger partial charge in [0, 0.05) is 12.6 Å². The Kier molecular flexibility index (Phi) is 1.29. The Morgan fingerprint density at radius 3 is 2.88 bits per heavy atom. The van der Waals surface area contributed by atoms with Crippen LogP contribution in [0.3, 0.4) is 0 Å². The Morgan fingerprint density at radius 2 is 2.62 bits per heavy atom. The van der Waals surface area contributed by atoms with Crippen LogP contribution in [0.2, 0.25) is 0 Å². The highest BCUT2D eigenvalue weighted by atomic mass is 14.7.